The number of amides is 1. The van der Waals surface area contributed by atoms with Gasteiger partial charge in [0.15, 0.2) is 0 Å². The summed E-state index contributed by atoms with van der Waals surface area (Å²) in [4.78, 5) is 11.9. The van der Waals surface area contributed by atoms with Gasteiger partial charge in [0, 0.05) is 13.2 Å². The number of methoxy groups -OCH3 is 1. The van der Waals surface area contributed by atoms with Gasteiger partial charge in [0.05, 0.1) is 25.9 Å². The zero-order valence-electron chi connectivity index (χ0n) is 10.5. The van der Waals surface area contributed by atoms with E-state index in [1.165, 1.54) is 0 Å². The fourth-order valence-electron chi connectivity index (χ4n) is 1.73. The minimum absolute atomic E-state index is 0.0785. The van der Waals surface area contributed by atoms with E-state index in [-0.39, 0.29) is 11.9 Å². The Morgan fingerprint density at radius 3 is 2.71 bits per heavy atom. The van der Waals surface area contributed by atoms with E-state index >= 15 is 0 Å². The Bertz CT molecular complexity index is 295. The molecule has 0 bridgehead atoms. The molecule has 1 aliphatic rings. The van der Waals surface area contributed by atoms with Gasteiger partial charge in [-0.2, -0.15) is 5.26 Å². The van der Waals surface area contributed by atoms with Gasteiger partial charge in [0.25, 0.3) is 0 Å². The molecule has 96 valence electrons. The van der Waals surface area contributed by atoms with Crippen molar-refractivity contribution in [2.75, 3.05) is 26.9 Å². The first kappa shape index (κ1) is 13.9. The summed E-state index contributed by atoms with van der Waals surface area (Å²) in [5.41, 5.74) is -0.777. The SMILES string of the molecule is COCCOCC(C)NC(=O)C1(C#N)CCC1. The molecular formula is C12H20N2O3. The van der Waals surface area contributed by atoms with Crippen LogP contribution in [0.3, 0.4) is 0 Å². The normalized spacial score (nSPS) is 18.9. The van der Waals surface area contributed by atoms with Crippen LogP contribution >= 0.6 is 0 Å². The fraction of sp³-hybridized carbons (Fsp3) is 0.833. The van der Waals surface area contributed by atoms with Crippen molar-refractivity contribution in [1.29, 1.82) is 5.26 Å². The first-order chi connectivity index (χ1) is 8.14. The molecule has 1 fully saturated rings. The second kappa shape index (κ2) is 6.58. The second-order valence-corrected chi connectivity index (χ2v) is 4.49. The quantitative estimate of drug-likeness (QED) is 0.670. The number of rotatable bonds is 7. The van der Waals surface area contributed by atoms with E-state index in [9.17, 15) is 4.79 Å². The lowest BCUT2D eigenvalue weighted by Crippen LogP contribution is -2.48. The molecule has 0 aromatic carbocycles. The minimum Gasteiger partial charge on any atom is -0.382 e. The van der Waals surface area contributed by atoms with E-state index in [4.69, 9.17) is 14.7 Å². The van der Waals surface area contributed by atoms with Crippen molar-refractivity contribution in [2.24, 2.45) is 5.41 Å². The molecule has 0 aromatic rings. The van der Waals surface area contributed by atoms with Gasteiger partial charge < -0.3 is 14.8 Å². The van der Waals surface area contributed by atoms with Crippen LogP contribution in [0.5, 0.6) is 0 Å². The third-order valence-corrected chi connectivity index (χ3v) is 3.03. The third-order valence-electron chi connectivity index (χ3n) is 3.03. The molecular weight excluding hydrogens is 220 g/mol. The molecule has 1 saturated carbocycles. The molecule has 1 amide bonds. The number of hydrogen-bond acceptors (Lipinski definition) is 4. The predicted octanol–water partition coefficient (Wildman–Crippen LogP) is 0.848. The number of carbonyl (C=O) groups is 1. The molecule has 1 atom stereocenters. The molecule has 5 heteroatoms. The lowest BCUT2D eigenvalue weighted by molar-refractivity contribution is -0.132. The number of nitriles is 1. The van der Waals surface area contributed by atoms with Gasteiger partial charge in [0.2, 0.25) is 5.91 Å². The molecule has 1 unspecified atom stereocenters. The lowest BCUT2D eigenvalue weighted by atomic mass is 9.69. The second-order valence-electron chi connectivity index (χ2n) is 4.49. The Labute approximate surface area is 102 Å². The van der Waals surface area contributed by atoms with Gasteiger partial charge in [-0.3, -0.25) is 4.79 Å². The average molecular weight is 240 g/mol. The Morgan fingerprint density at radius 1 is 1.53 bits per heavy atom. The van der Waals surface area contributed by atoms with Crippen LogP contribution in [0.2, 0.25) is 0 Å². The molecule has 0 radical (unpaired) electrons. The number of nitrogens with one attached hydrogen (secondary N) is 1. The molecule has 0 aromatic heterocycles. The lowest BCUT2D eigenvalue weighted by Gasteiger charge is -2.34. The van der Waals surface area contributed by atoms with Gasteiger partial charge >= 0.3 is 0 Å². The van der Waals surface area contributed by atoms with Crippen LogP contribution in [0, 0.1) is 16.7 Å². The van der Waals surface area contributed by atoms with Crippen LogP contribution in [-0.4, -0.2) is 38.9 Å². The van der Waals surface area contributed by atoms with E-state index in [1.54, 1.807) is 7.11 Å². The van der Waals surface area contributed by atoms with E-state index in [0.29, 0.717) is 32.7 Å². The molecule has 0 aliphatic heterocycles. The van der Waals surface area contributed by atoms with Crippen LogP contribution in [0.4, 0.5) is 0 Å². The van der Waals surface area contributed by atoms with Crippen LogP contribution in [0.1, 0.15) is 26.2 Å². The molecule has 1 aliphatic carbocycles. The van der Waals surface area contributed by atoms with Crippen molar-refractivity contribution in [2.45, 2.75) is 32.2 Å². The predicted molar refractivity (Wildman–Crippen MR) is 62.2 cm³/mol. The van der Waals surface area contributed by atoms with Gasteiger partial charge in [-0.05, 0) is 26.2 Å². The largest absolute Gasteiger partial charge is 0.382 e. The molecule has 0 saturated heterocycles. The molecule has 17 heavy (non-hydrogen) atoms. The molecule has 1 rings (SSSR count). The van der Waals surface area contributed by atoms with Crippen molar-refractivity contribution in [3.8, 4) is 6.07 Å². The van der Waals surface area contributed by atoms with Crippen molar-refractivity contribution >= 4 is 5.91 Å². The molecule has 1 N–H and O–H groups in total. The van der Waals surface area contributed by atoms with Crippen LogP contribution in [0.25, 0.3) is 0 Å². The van der Waals surface area contributed by atoms with Crippen molar-refractivity contribution in [3.05, 3.63) is 0 Å². The zero-order valence-corrected chi connectivity index (χ0v) is 10.5. The summed E-state index contributed by atoms with van der Waals surface area (Å²) in [6, 6.07) is 2.05. The topological polar surface area (TPSA) is 71.3 Å². The summed E-state index contributed by atoms with van der Waals surface area (Å²) >= 11 is 0. The number of hydrogen-bond donors (Lipinski definition) is 1. The Kier molecular flexibility index (Phi) is 5.39. The number of nitrogens with zero attached hydrogens (tertiary/aromatic N) is 1. The highest BCUT2D eigenvalue weighted by Crippen LogP contribution is 2.40. The van der Waals surface area contributed by atoms with Gasteiger partial charge in [0.1, 0.15) is 5.41 Å². The molecule has 0 spiro atoms. The first-order valence-electron chi connectivity index (χ1n) is 5.93. The Balaban J connectivity index is 2.24. The van der Waals surface area contributed by atoms with Crippen molar-refractivity contribution < 1.29 is 14.3 Å². The first-order valence-corrected chi connectivity index (χ1v) is 5.93. The van der Waals surface area contributed by atoms with Gasteiger partial charge in [-0.15, -0.1) is 0 Å². The minimum atomic E-state index is -0.777. The van der Waals surface area contributed by atoms with Crippen molar-refractivity contribution in [1.82, 2.24) is 5.32 Å². The highest BCUT2D eigenvalue weighted by molar-refractivity contribution is 5.86. The maximum Gasteiger partial charge on any atom is 0.240 e. The van der Waals surface area contributed by atoms with Crippen molar-refractivity contribution in [3.63, 3.8) is 0 Å². The molecule has 0 heterocycles. The Hall–Kier alpha value is -1.12. The summed E-state index contributed by atoms with van der Waals surface area (Å²) in [5.74, 6) is -0.158. The van der Waals surface area contributed by atoms with E-state index in [1.807, 2.05) is 6.92 Å². The highest BCUT2D eigenvalue weighted by Gasteiger charge is 2.44. The summed E-state index contributed by atoms with van der Waals surface area (Å²) in [5, 5.41) is 11.8. The monoisotopic (exact) mass is 240 g/mol. The van der Waals surface area contributed by atoms with Gasteiger partial charge in [-0.25, -0.2) is 0 Å². The smallest absolute Gasteiger partial charge is 0.240 e. The summed E-state index contributed by atoms with van der Waals surface area (Å²) in [6.45, 7) is 3.37. The standard InChI is InChI=1S/C12H20N2O3/c1-10(8-17-7-6-16-2)14-11(15)12(9-13)4-3-5-12/h10H,3-8H2,1-2H3,(H,14,15). The number of carbonyl (C=O) groups excluding carboxylic acids is 1. The van der Waals surface area contributed by atoms with Crippen LogP contribution in [0.15, 0.2) is 0 Å². The highest BCUT2D eigenvalue weighted by atomic mass is 16.5. The maximum absolute atomic E-state index is 11.9. The summed E-state index contributed by atoms with van der Waals surface area (Å²) < 4.78 is 10.2. The summed E-state index contributed by atoms with van der Waals surface area (Å²) in [7, 11) is 1.61. The van der Waals surface area contributed by atoms with Crippen LogP contribution in [-0.2, 0) is 14.3 Å². The number of ether oxygens (including phenoxy) is 2. The zero-order chi connectivity index (χ0) is 12.7. The average Bonchev–Trinajstić information content (AvgIpc) is 2.23. The maximum atomic E-state index is 11.9. The van der Waals surface area contributed by atoms with Crippen LogP contribution < -0.4 is 5.32 Å². The Morgan fingerprint density at radius 2 is 2.24 bits per heavy atom. The molecule has 5 nitrogen and oxygen atoms in total. The fourth-order valence-corrected chi connectivity index (χ4v) is 1.73. The van der Waals surface area contributed by atoms with E-state index < -0.39 is 5.41 Å². The van der Waals surface area contributed by atoms with E-state index in [2.05, 4.69) is 11.4 Å². The van der Waals surface area contributed by atoms with E-state index in [0.717, 1.165) is 6.42 Å². The summed E-state index contributed by atoms with van der Waals surface area (Å²) in [6.07, 6.45) is 2.30. The third kappa shape index (κ3) is 3.69. The van der Waals surface area contributed by atoms with Gasteiger partial charge in [-0.1, -0.05) is 0 Å².